The van der Waals surface area contributed by atoms with Crippen LogP contribution < -0.4 is 6.15 Å². The first kappa shape index (κ1) is 32.6. The van der Waals surface area contributed by atoms with E-state index in [9.17, 15) is 70.7 Å². The van der Waals surface area contributed by atoms with Crippen molar-refractivity contribution in [3.63, 3.8) is 0 Å². The lowest BCUT2D eigenvalue weighted by Crippen LogP contribution is -2.73. The summed E-state index contributed by atoms with van der Waals surface area (Å²) in [6, 6.07) is 0. The highest BCUT2D eigenvalue weighted by Crippen LogP contribution is 2.62. The zero-order valence-corrected chi connectivity index (χ0v) is 15.7. The minimum absolute atomic E-state index is 0. The largest absolute Gasteiger partial charge is 0.461 e. The van der Waals surface area contributed by atoms with Gasteiger partial charge in [-0.25, -0.2) is 4.79 Å². The summed E-state index contributed by atoms with van der Waals surface area (Å²) in [6.07, 6.45) is -6.91. The zero-order valence-electron chi connectivity index (χ0n) is 15.7. The number of ether oxygens (including phenoxy) is 1. The summed E-state index contributed by atoms with van der Waals surface area (Å²) >= 11 is 0. The van der Waals surface area contributed by atoms with Gasteiger partial charge < -0.3 is 10.9 Å². The third-order valence-corrected chi connectivity index (χ3v) is 3.82. The van der Waals surface area contributed by atoms with Gasteiger partial charge >= 0.3 is 47.7 Å². The summed E-state index contributed by atoms with van der Waals surface area (Å²) in [5, 5.41) is 0. The number of rotatable bonds is 11. The van der Waals surface area contributed by atoms with Gasteiger partial charge in [0.1, 0.15) is 0 Å². The van der Waals surface area contributed by atoms with E-state index in [2.05, 4.69) is 4.74 Å². The first-order valence-electron chi connectivity index (χ1n) is 7.99. The molecule has 0 amide bonds. The monoisotopic (exact) mass is 515 g/mol. The molecule has 0 aromatic heterocycles. The number of carbonyl (C=O) groups is 1. The summed E-state index contributed by atoms with van der Waals surface area (Å²) in [7, 11) is 0. The van der Waals surface area contributed by atoms with Gasteiger partial charge in [0, 0.05) is 0 Å². The fourth-order valence-corrected chi connectivity index (χ4v) is 1.88. The van der Waals surface area contributed by atoms with Crippen molar-refractivity contribution in [2.75, 3.05) is 6.61 Å². The quantitative estimate of drug-likeness (QED) is 0.191. The second kappa shape index (κ2) is 9.70. The summed E-state index contributed by atoms with van der Waals surface area (Å²) < 4.78 is 197. The first-order chi connectivity index (χ1) is 13.5. The molecular weight excluding hydrogens is 499 g/mol. The van der Waals surface area contributed by atoms with Crippen molar-refractivity contribution in [1.82, 2.24) is 6.15 Å². The maximum absolute atomic E-state index is 13.4. The van der Waals surface area contributed by atoms with E-state index in [4.69, 9.17) is 0 Å². The molecule has 194 valence electrons. The van der Waals surface area contributed by atoms with Crippen molar-refractivity contribution in [1.29, 1.82) is 0 Å². The molecule has 0 rings (SSSR count). The van der Waals surface area contributed by atoms with Crippen LogP contribution in [0.15, 0.2) is 0 Å². The average Bonchev–Trinajstić information content (AvgIpc) is 2.59. The van der Waals surface area contributed by atoms with Crippen LogP contribution in [0.2, 0.25) is 0 Å². The summed E-state index contributed by atoms with van der Waals surface area (Å²) in [4.78, 5) is 11.0. The number of hydrogen-bond acceptors (Lipinski definition) is 3. The summed E-state index contributed by atoms with van der Waals surface area (Å²) in [5.41, 5.74) is 0. The molecule has 3 nitrogen and oxygen atoms in total. The van der Waals surface area contributed by atoms with Gasteiger partial charge in [-0.2, -0.15) is 65.9 Å². The molecule has 0 spiro atoms. The van der Waals surface area contributed by atoms with Gasteiger partial charge in [-0.05, 0) is 6.42 Å². The Hall–Kier alpha value is -1.62. The molecule has 0 saturated heterocycles. The molecule has 0 saturated carbocycles. The maximum atomic E-state index is 13.4. The SMILES string of the molecule is CCCCCCOC(=O)C(F)(F)C(F)(F)C(F)(F)C(F)(F)C(F)(F)C(F)(F)C(F)(F)F.N. The molecule has 0 aromatic carbocycles. The minimum Gasteiger partial charge on any atom is -0.461 e. The van der Waals surface area contributed by atoms with Crippen LogP contribution in [-0.4, -0.2) is 54.3 Å². The van der Waals surface area contributed by atoms with Gasteiger partial charge in [0.25, 0.3) is 0 Å². The standard InChI is InChI=1S/C14H13F15O2.H3N/c1-2-3-4-5-6-31-7(30)8(15,16)9(17,18)10(19,20)11(21,22)12(23,24)13(25,26)14(27,28)29;/h2-6H2,1H3;1H3. The Kier molecular flexibility index (Phi) is 9.87. The molecule has 0 fully saturated rings. The predicted octanol–water partition coefficient (Wildman–Crippen LogP) is 6.65. The molecular formula is C14H16F15NO2. The van der Waals surface area contributed by atoms with Crippen LogP contribution in [0.1, 0.15) is 32.6 Å². The van der Waals surface area contributed by atoms with E-state index in [1.807, 2.05) is 0 Å². The van der Waals surface area contributed by atoms with Crippen LogP contribution in [0, 0.1) is 0 Å². The van der Waals surface area contributed by atoms with E-state index >= 15 is 0 Å². The molecule has 0 aliphatic carbocycles. The lowest BCUT2D eigenvalue weighted by molar-refractivity contribution is -0.450. The van der Waals surface area contributed by atoms with Crippen molar-refractivity contribution < 1.29 is 75.4 Å². The highest BCUT2D eigenvalue weighted by molar-refractivity contribution is 5.79. The summed E-state index contributed by atoms with van der Waals surface area (Å²) in [5.74, 6) is -51.6. The van der Waals surface area contributed by atoms with E-state index < -0.39 is 54.3 Å². The van der Waals surface area contributed by atoms with Crippen LogP contribution in [0.5, 0.6) is 0 Å². The predicted molar refractivity (Wildman–Crippen MR) is 75.9 cm³/mol. The average molecular weight is 515 g/mol. The number of hydrogen-bond donors (Lipinski definition) is 1. The Morgan fingerprint density at radius 3 is 1.34 bits per heavy atom. The molecule has 0 aromatic rings. The molecule has 18 heteroatoms. The van der Waals surface area contributed by atoms with E-state index in [0.29, 0.717) is 12.8 Å². The lowest BCUT2D eigenvalue weighted by atomic mass is 9.91. The first-order valence-corrected chi connectivity index (χ1v) is 7.99. The van der Waals surface area contributed by atoms with Crippen LogP contribution in [0.4, 0.5) is 65.9 Å². The Bertz CT molecular complexity index is 630. The van der Waals surface area contributed by atoms with Gasteiger partial charge in [0.15, 0.2) is 0 Å². The highest BCUT2D eigenvalue weighted by atomic mass is 19.4. The Morgan fingerprint density at radius 2 is 0.969 bits per heavy atom. The van der Waals surface area contributed by atoms with E-state index in [1.54, 1.807) is 6.92 Å². The minimum atomic E-state index is -8.42. The Labute approximate surface area is 169 Å². The Balaban J connectivity index is 0. The molecule has 0 bridgehead atoms. The number of halogens is 15. The van der Waals surface area contributed by atoms with Crippen LogP contribution in [0.3, 0.4) is 0 Å². The smallest absolute Gasteiger partial charge is 0.460 e. The van der Waals surface area contributed by atoms with Gasteiger partial charge in [-0.3, -0.25) is 0 Å². The maximum Gasteiger partial charge on any atom is 0.460 e. The normalized spacial score (nSPS) is 14.8. The molecule has 0 heterocycles. The fourth-order valence-electron chi connectivity index (χ4n) is 1.88. The molecule has 0 aliphatic heterocycles. The molecule has 0 unspecified atom stereocenters. The molecule has 0 atom stereocenters. The van der Waals surface area contributed by atoms with Gasteiger partial charge in [-0.15, -0.1) is 0 Å². The zero-order chi connectivity index (χ0) is 25.3. The van der Waals surface area contributed by atoms with Crippen molar-refractivity contribution in [3.8, 4) is 0 Å². The van der Waals surface area contributed by atoms with Crippen molar-refractivity contribution in [2.24, 2.45) is 0 Å². The number of carbonyl (C=O) groups excluding carboxylic acids is 1. The second-order valence-electron chi connectivity index (χ2n) is 6.14. The summed E-state index contributed by atoms with van der Waals surface area (Å²) in [6.45, 7) is 0.510. The van der Waals surface area contributed by atoms with Gasteiger partial charge in [0.2, 0.25) is 0 Å². The number of alkyl halides is 15. The fraction of sp³-hybridized carbons (Fsp3) is 0.929. The van der Waals surface area contributed by atoms with Crippen LogP contribution in [0.25, 0.3) is 0 Å². The third kappa shape index (κ3) is 4.98. The van der Waals surface area contributed by atoms with Crippen molar-refractivity contribution >= 4 is 5.97 Å². The van der Waals surface area contributed by atoms with E-state index in [0.717, 1.165) is 0 Å². The topological polar surface area (TPSA) is 61.3 Å². The lowest BCUT2D eigenvalue weighted by Gasteiger charge is -2.40. The van der Waals surface area contributed by atoms with Crippen molar-refractivity contribution in [2.45, 2.75) is 74.3 Å². The molecule has 0 radical (unpaired) electrons. The molecule has 32 heavy (non-hydrogen) atoms. The van der Waals surface area contributed by atoms with E-state index in [-0.39, 0.29) is 19.0 Å². The van der Waals surface area contributed by atoms with E-state index in [1.165, 1.54) is 0 Å². The molecule has 3 N–H and O–H groups in total. The van der Waals surface area contributed by atoms with Gasteiger partial charge in [-0.1, -0.05) is 26.2 Å². The van der Waals surface area contributed by atoms with Crippen LogP contribution in [-0.2, 0) is 9.53 Å². The second-order valence-corrected chi connectivity index (χ2v) is 6.14. The number of esters is 1. The molecule has 0 aliphatic rings. The Morgan fingerprint density at radius 1 is 0.594 bits per heavy atom. The van der Waals surface area contributed by atoms with Gasteiger partial charge in [0.05, 0.1) is 6.61 Å². The highest BCUT2D eigenvalue weighted by Gasteiger charge is 2.94. The number of unbranched alkanes of at least 4 members (excludes halogenated alkanes) is 3. The van der Waals surface area contributed by atoms with Crippen molar-refractivity contribution in [3.05, 3.63) is 0 Å². The third-order valence-electron chi connectivity index (χ3n) is 3.82. The van der Waals surface area contributed by atoms with Crippen LogP contribution >= 0.6 is 0 Å².